The van der Waals surface area contributed by atoms with E-state index in [-0.39, 0.29) is 24.2 Å². The van der Waals surface area contributed by atoms with Gasteiger partial charge in [-0.25, -0.2) is 0 Å². The van der Waals surface area contributed by atoms with Crippen LogP contribution in [0.15, 0.2) is 0 Å². The van der Waals surface area contributed by atoms with Gasteiger partial charge in [0.05, 0.1) is 37.2 Å². The van der Waals surface area contributed by atoms with Crippen molar-refractivity contribution >= 4 is 5.91 Å². The number of hydrogen-bond donors (Lipinski definition) is 1. The minimum Gasteiger partial charge on any atom is -0.377 e. The van der Waals surface area contributed by atoms with Crippen LogP contribution in [0.4, 0.5) is 0 Å². The highest BCUT2D eigenvalue weighted by atomic mass is 16.5. The van der Waals surface area contributed by atoms with E-state index in [9.17, 15) is 4.79 Å². The van der Waals surface area contributed by atoms with Gasteiger partial charge in [-0.15, -0.1) is 0 Å². The lowest BCUT2D eigenvalue weighted by Crippen LogP contribution is -2.53. The second-order valence-electron chi connectivity index (χ2n) is 6.39. The molecule has 21 heavy (non-hydrogen) atoms. The molecule has 4 rings (SSSR count). The number of H-pyrrole nitrogens is 1. The van der Waals surface area contributed by atoms with E-state index in [0.717, 1.165) is 30.5 Å². The summed E-state index contributed by atoms with van der Waals surface area (Å²) >= 11 is 0. The van der Waals surface area contributed by atoms with Crippen LogP contribution in [-0.2, 0) is 15.9 Å². The summed E-state index contributed by atoms with van der Waals surface area (Å²) < 4.78 is 11.1. The average molecular weight is 291 g/mol. The van der Waals surface area contributed by atoms with E-state index in [0.29, 0.717) is 24.9 Å². The first-order chi connectivity index (χ1) is 10.1. The maximum absolute atomic E-state index is 13.0. The summed E-state index contributed by atoms with van der Waals surface area (Å²) in [5.74, 6) is 0.0598. The van der Waals surface area contributed by atoms with E-state index in [2.05, 4.69) is 10.2 Å². The van der Waals surface area contributed by atoms with E-state index in [1.807, 2.05) is 18.7 Å². The molecule has 114 valence electrons. The predicted octanol–water partition coefficient (Wildman–Crippen LogP) is 1.44. The van der Waals surface area contributed by atoms with Crippen LogP contribution in [0, 0.1) is 0 Å². The summed E-state index contributed by atoms with van der Waals surface area (Å²) in [6.45, 7) is 5.36. The van der Waals surface area contributed by atoms with E-state index >= 15 is 0 Å². The van der Waals surface area contributed by atoms with Crippen molar-refractivity contribution in [2.24, 2.45) is 0 Å². The van der Waals surface area contributed by atoms with E-state index in [4.69, 9.17) is 9.47 Å². The third-order valence-electron chi connectivity index (χ3n) is 4.62. The maximum Gasteiger partial charge on any atom is 0.275 e. The van der Waals surface area contributed by atoms with Crippen LogP contribution in [0.2, 0.25) is 0 Å². The number of ether oxygens (including phenoxy) is 2. The molecule has 1 aliphatic carbocycles. The van der Waals surface area contributed by atoms with Gasteiger partial charge in [-0.05, 0) is 26.7 Å². The number of aromatic amines is 1. The van der Waals surface area contributed by atoms with Gasteiger partial charge in [0.2, 0.25) is 0 Å². The fourth-order valence-corrected chi connectivity index (χ4v) is 3.34. The van der Waals surface area contributed by atoms with Crippen molar-refractivity contribution in [1.29, 1.82) is 0 Å². The molecule has 6 heteroatoms. The molecular weight excluding hydrogens is 270 g/mol. The van der Waals surface area contributed by atoms with Gasteiger partial charge in [0, 0.05) is 18.0 Å². The Morgan fingerprint density at radius 2 is 2.05 bits per heavy atom. The molecule has 1 N–H and O–H groups in total. The van der Waals surface area contributed by atoms with Crippen LogP contribution in [-0.4, -0.2) is 52.4 Å². The van der Waals surface area contributed by atoms with Gasteiger partial charge in [-0.2, -0.15) is 5.10 Å². The summed E-state index contributed by atoms with van der Waals surface area (Å²) in [6.07, 6.45) is 3.05. The molecule has 2 fully saturated rings. The zero-order valence-corrected chi connectivity index (χ0v) is 12.5. The molecule has 2 atom stereocenters. The van der Waals surface area contributed by atoms with Crippen LogP contribution >= 0.6 is 0 Å². The number of amides is 1. The number of nitrogens with one attached hydrogen (secondary N) is 1. The van der Waals surface area contributed by atoms with Gasteiger partial charge in [-0.3, -0.25) is 9.89 Å². The van der Waals surface area contributed by atoms with Gasteiger partial charge in [-0.1, -0.05) is 0 Å². The number of fused-ring (bicyclic) bond motifs is 1. The van der Waals surface area contributed by atoms with Crippen molar-refractivity contribution in [3.63, 3.8) is 0 Å². The number of nitrogens with zero attached hydrogens (tertiary/aromatic N) is 2. The van der Waals surface area contributed by atoms with Crippen LogP contribution < -0.4 is 0 Å². The Morgan fingerprint density at radius 1 is 1.29 bits per heavy atom. The first-order valence-corrected chi connectivity index (χ1v) is 7.78. The molecule has 3 aliphatic rings. The van der Waals surface area contributed by atoms with Crippen molar-refractivity contribution < 1.29 is 14.3 Å². The highest BCUT2D eigenvalue weighted by Crippen LogP contribution is 2.35. The average Bonchev–Trinajstić information content (AvgIpc) is 3.12. The molecule has 1 amide bonds. The third-order valence-corrected chi connectivity index (χ3v) is 4.62. The van der Waals surface area contributed by atoms with Gasteiger partial charge in [0.25, 0.3) is 5.91 Å². The lowest BCUT2D eigenvalue weighted by molar-refractivity contribution is -0.0568. The lowest BCUT2D eigenvalue weighted by atomic mass is 9.99. The SMILES string of the molecule is C[C@@H]1Cc2c(C(=O)N(C3CC3)C3COC3)n[nH]c2[C@H](C)O1. The topological polar surface area (TPSA) is 67.5 Å². The monoisotopic (exact) mass is 291 g/mol. The van der Waals surface area contributed by atoms with Crippen LogP contribution in [0.3, 0.4) is 0 Å². The van der Waals surface area contributed by atoms with Crippen molar-refractivity contribution in [2.75, 3.05) is 13.2 Å². The zero-order chi connectivity index (χ0) is 14.6. The first-order valence-electron chi connectivity index (χ1n) is 7.78. The van der Waals surface area contributed by atoms with Gasteiger partial charge >= 0.3 is 0 Å². The molecule has 0 radical (unpaired) electrons. The molecule has 2 aliphatic heterocycles. The number of carbonyl (C=O) groups excluding carboxylic acids is 1. The first kappa shape index (κ1) is 13.3. The van der Waals surface area contributed by atoms with Gasteiger partial charge < -0.3 is 14.4 Å². The Balaban J connectivity index is 1.65. The summed E-state index contributed by atoms with van der Waals surface area (Å²) in [6, 6.07) is 0.612. The molecule has 1 saturated carbocycles. The highest BCUT2D eigenvalue weighted by Gasteiger charge is 2.42. The molecule has 6 nitrogen and oxygen atoms in total. The molecule has 0 aromatic carbocycles. The molecule has 0 bridgehead atoms. The summed E-state index contributed by atoms with van der Waals surface area (Å²) in [5.41, 5.74) is 2.58. The quantitative estimate of drug-likeness (QED) is 0.915. The van der Waals surface area contributed by atoms with Crippen molar-refractivity contribution in [3.05, 3.63) is 17.0 Å². The number of rotatable bonds is 3. The molecule has 0 unspecified atom stereocenters. The number of hydrogen-bond acceptors (Lipinski definition) is 4. The molecule has 1 aromatic rings. The fourth-order valence-electron chi connectivity index (χ4n) is 3.34. The van der Waals surface area contributed by atoms with E-state index in [1.54, 1.807) is 0 Å². The minimum absolute atomic E-state index is 0.0285. The molecular formula is C15H21N3O3. The Labute approximate surface area is 123 Å². The molecule has 3 heterocycles. The second kappa shape index (κ2) is 4.81. The Morgan fingerprint density at radius 3 is 2.67 bits per heavy atom. The largest absolute Gasteiger partial charge is 0.377 e. The predicted molar refractivity (Wildman–Crippen MR) is 75.1 cm³/mol. The van der Waals surface area contributed by atoms with Crippen molar-refractivity contribution in [1.82, 2.24) is 15.1 Å². The van der Waals surface area contributed by atoms with E-state index < -0.39 is 0 Å². The van der Waals surface area contributed by atoms with Gasteiger partial charge in [0.1, 0.15) is 0 Å². The summed E-state index contributed by atoms with van der Waals surface area (Å²) in [7, 11) is 0. The Kier molecular flexibility index (Phi) is 3.04. The normalized spacial score (nSPS) is 28.9. The smallest absolute Gasteiger partial charge is 0.275 e. The Bertz CT molecular complexity index is 563. The fraction of sp³-hybridized carbons (Fsp3) is 0.733. The summed E-state index contributed by atoms with van der Waals surface area (Å²) in [5, 5.41) is 7.33. The standard InChI is InChI=1S/C15H21N3O3/c1-8-5-12-13(9(2)21-8)16-17-14(12)15(19)18(10-3-4-10)11-6-20-7-11/h8-11H,3-7H2,1-2H3,(H,16,17)/t8-,9+/m1/s1. The van der Waals surface area contributed by atoms with Crippen molar-refractivity contribution in [2.45, 2.75) is 57.4 Å². The van der Waals surface area contributed by atoms with Gasteiger partial charge in [0.15, 0.2) is 5.69 Å². The minimum atomic E-state index is -0.0285. The number of aromatic nitrogens is 2. The van der Waals surface area contributed by atoms with Crippen LogP contribution in [0.1, 0.15) is 54.5 Å². The highest BCUT2D eigenvalue weighted by molar-refractivity contribution is 5.94. The summed E-state index contributed by atoms with van der Waals surface area (Å²) in [4.78, 5) is 15.0. The molecule has 0 spiro atoms. The van der Waals surface area contributed by atoms with Crippen LogP contribution in [0.25, 0.3) is 0 Å². The third kappa shape index (κ3) is 2.17. The van der Waals surface area contributed by atoms with Crippen molar-refractivity contribution in [3.8, 4) is 0 Å². The number of carbonyl (C=O) groups is 1. The maximum atomic E-state index is 13.0. The van der Waals surface area contributed by atoms with Crippen LogP contribution in [0.5, 0.6) is 0 Å². The second-order valence-corrected chi connectivity index (χ2v) is 6.39. The zero-order valence-electron chi connectivity index (χ0n) is 12.5. The molecule has 1 aromatic heterocycles. The Hall–Kier alpha value is -1.40. The van der Waals surface area contributed by atoms with E-state index in [1.165, 1.54) is 0 Å². The molecule has 1 saturated heterocycles. The lowest BCUT2D eigenvalue weighted by Gasteiger charge is -2.37.